The number of fused-ring (bicyclic) bond motifs is 3. The van der Waals surface area contributed by atoms with Gasteiger partial charge in [-0.2, -0.15) is 0 Å². The molecule has 194 valence electrons. The number of amides is 2. The van der Waals surface area contributed by atoms with Crippen LogP contribution in [0.2, 0.25) is 5.02 Å². The van der Waals surface area contributed by atoms with Crippen LogP contribution >= 0.6 is 11.6 Å². The summed E-state index contributed by atoms with van der Waals surface area (Å²) in [5, 5.41) is 17.2. The molecule has 1 unspecified atom stereocenters. The van der Waals surface area contributed by atoms with Crippen molar-refractivity contribution in [3.05, 3.63) is 29.0 Å². The Kier molecular flexibility index (Phi) is 7.93. The number of hydrogen-bond acceptors (Lipinski definition) is 5. The van der Waals surface area contributed by atoms with Gasteiger partial charge in [-0.3, -0.25) is 9.59 Å². The van der Waals surface area contributed by atoms with Crippen LogP contribution < -0.4 is 15.4 Å². The highest BCUT2D eigenvalue weighted by atomic mass is 35.5. The molecule has 0 aliphatic heterocycles. The van der Waals surface area contributed by atoms with Crippen molar-refractivity contribution in [1.29, 1.82) is 0 Å². The van der Waals surface area contributed by atoms with Crippen LogP contribution in [0, 0.1) is 17.2 Å². The van der Waals surface area contributed by atoms with Crippen molar-refractivity contribution in [3.8, 4) is 5.75 Å². The number of nitrogens with one attached hydrogen (secondary N) is 2. The maximum atomic E-state index is 13.6. The van der Waals surface area contributed by atoms with E-state index in [4.69, 9.17) is 16.3 Å². The van der Waals surface area contributed by atoms with Gasteiger partial charge in [0.1, 0.15) is 11.6 Å². The number of nitrogens with zero attached hydrogens (tertiary/aromatic N) is 1. The first-order valence-corrected chi connectivity index (χ1v) is 13.0. The zero-order valence-electron chi connectivity index (χ0n) is 20.6. The van der Waals surface area contributed by atoms with E-state index in [1.165, 1.54) is 12.1 Å². The Morgan fingerprint density at radius 1 is 1.17 bits per heavy atom. The summed E-state index contributed by atoms with van der Waals surface area (Å²) in [4.78, 5) is 28.1. The van der Waals surface area contributed by atoms with Gasteiger partial charge in [0.25, 0.3) is 5.91 Å². The van der Waals surface area contributed by atoms with Crippen molar-refractivity contribution in [2.45, 2.75) is 75.5 Å². The zero-order chi connectivity index (χ0) is 25.2. The Hall–Kier alpha value is -1.90. The van der Waals surface area contributed by atoms with Crippen LogP contribution in [0.15, 0.2) is 18.2 Å². The molecule has 0 aromatic heterocycles. The number of carbonyl (C=O) groups is 2. The van der Waals surface area contributed by atoms with Gasteiger partial charge in [0.2, 0.25) is 5.91 Å². The van der Waals surface area contributed by atoms with Crippen molar-refractivity contribution >= 4 is 23.4 Å². The van der Waals surface area contributed by atoms with Crippen LogP contribution in [0.1, 0.15) is 57.8 Å². The molecule has 7 nitrogen and oxygen atoms in total. The number of rotatable bonds is 8. The number of ether oxygens (including phenoxy) is 1. The third-order valence-corrected chi connectivity index (χ3v) is 8.84. The molecule has 0 radical (unpaired) electrons. The minimum atomic E-state index is -0.805. The molecule has 0 heterocycles. The molecular formula is C26H37ClFN3O4. The average Bonchev–Trinajstić information content (AvgIpc) is 2.84. The quantitative estimate of drug-likeness (QED) is 0.500. The number of aliphatic hydroxyl groups excluding tert-OH is 1. The second kappa shape index (κ2) is 10.6. The molecule has 9 heteroatoms. The maximum Gasteiger partial charge on any atom is 0.258 e. The Bertz CT molecular complexity index is 927. The van der Waals surface area contributed by atoms with Gasteiger partial charge in [0.05, 0.1) is 16.5 Å². The fourth-order valence-electron chi connectivity index (χ4n) is 6.16. The lowest BCUT2D eigenvalue weighted by atomic mass is 9.55. The monoisotopic (exact) mass is 509 g/mol. The van der Waals surface area contributed by atoms with E-state index in [2.05, 4.69) is 29.6 Å². The van der Waals surface area contributed by atoms with Gasteiger partial charge in [0.15, 0.2) is 6.61 Å². The van der Waals surface area contributed by atoms with Gasteiger partial charge < -0.3 is 25.4 Å². The van der Waals surface area contributed by atoms with Crippen LogP contribution in [-0.4, -0.2) is 66.8 Å². The molecule has 2 amide bonds. The van der Waals surface area contributed by atoms with Crippen LogP contribution in [0.4, 0.5) is 4.39 Å². The largest absolute Gasteiger partial charge is 0.484 e. The SMILES string of the molecule is CN(C)C1CCC(CNC(=O)C23CCC(NC(=O)COc4ccc(Cl)c(F)c4)(CC2)CC3O)CC1. The lowest BCUT2D eigenvalue weighted by Crippen LogP contribution is -2.66. The highest BCUT2D eigenvalue weighted by Gasteiger charge is 2.58. The summed E-state index contributed by atoms with van der Waals surface area (Å²) >= 11 is 5.67. The van der Waals surface area contributed by atoms with Gasteiger partial charge in [-0.25, -0.2) is 4.39 Å². The smallest absolute Gasteiger partial charge is 0.258 e. The number of aliphatic hydroxyl groups is 1. The summed E-state index contributed by atoms with van der Waals surface area (Å²) in [6.45, 7) is 0.401. The summed E-state index contributed by atoms with van der Waals surface area (Å²) in [7, 11) is 4.24. The second-order valence-corrected chi connectivity index (χ2v) is 11.3. The summed E-state index contributed by atoms with van der Waals surface area (Å²) in [6.07, 6.45) is 6.40. The molecule has 1 atom stereocenters. The number of carbonyl (C=O) groups excluding carboxylic acids is 2. The highest BCUT2D eigenvalue weighted by Crippen LogP contribution is 2.52. The van der Waals surface area contributed by atoms with E-state index in [9.17, 15) is 19.1 Å². The molecule has 0 saturated heterocycles. The van der Waals surface area contributed by atoms with E-state index in [1.807, 2.05) is 0 Å². The summed E-state index contributed by atoms with van der Waals surface area (Å²) in [5.74, 6) is -0.282. The molecule has 1 aromatic carbocycles. The molecule has 0 spiro atoms. The first-order valence-electron chi connectivity index (χ1n) is 12.6. The molecule has 5 rings (SSSR count). The normalized spacial score (nSPS) is 32.3. The van der Waals surface area contributed by atoms with Crippen LogP contribution in [-0.2, 0) is 9.59 Å². The second-order valence-electron chi connectivity index (χ2n) is 10.9. The summed E-state index contributed by atoms with van der Waals surface area (Å²) in [6, 6.07) is 4.64. The first kappa shape index (κ1) is 26.2. The first-order chi connectivity index (χ1) is 16.6. The predicted molar refractivity (Wildman–Crippen MR) is 132 cm³/mol. The van der Waals surface area contributed by atoms with E-state index in [1.54, 1.807) is 0 Å². The fourth-order valence-corrected chi connectivity index (χ4v) is 6.28. The van der Waals surface area contributed by atoms with Crippen molar-refractivity contribution in [2.24, 2.45) is 11.3 Å². The third-order valence-electron chi connectivity index (χ3n) is 8.54. The average molecular weight is 510 g/mol. The number of halogens is 2. The molecule has 2 bridgehead atoms. The Morgan fingerprint density at radius 2 is 1.86 bits per heavy atom. The maximum absolute atomic E-state index is 13.6. The van der Waals surface area contributed by atoms with Crippen molar-refractivity contribution in [2.75, 3.05) is 27.2 Å². The van der Waals surface area contributed by atoms with Gasteiger partial charge in [-0.1, -0.05) is 11.6 Å². The minimum absolute atomic E-state index is 0.0108. The van der Waals surface area contributed by atoms with E-state index in [0.29, 0.717) is 50.6 Å². The number of hydrogen-bond donors (Lipinski definition) is 3. The minimum Gasteiger partial charge on any atom is -0.484 e. The van der Waals surface area contributed by atoms with E-state index in [-0.39, 0.29) is 29.2 Å². The molecule has 4 aliphatic carbocycles. The number of benzene rings is 1. The summed E-state index contributed by atoms with van der Waals surface area (Å²) in [5.41, 5.74) is -1.32. The van der Waals surface area contributed by atoms with Gasteiger partial charge in [-0.05, 0) is 89.9 Å². The molecule has 1 aromatic rings. The van der Waals surface area contributed by atoms with Gasteiger partial charge in [0, 0.05) is 24.2 Å². The highest BCUT2D eigenvalue weighted by molar-refractivity contribution is 6.30. The Morgan fingerprint density at radius 3 is 2.46 bits per heavy atom. The third kappa shape index (κ3) is 5.75. The molecule has 3 N–H and O–H groups in total. The molecular weight excluding hydrogens is 473 g/mol. The van der Waals surface area contributed by atoms with Crippen LogP contribution in [0.25, 0.3) is 0 Å². The van der Waals surface area contributed by atoms with Gasteiger partial charge >= 0.3 is 0 Å². The van der Waals surface area contributed by atoms with Crippen molar-refractivity contribution in [1.82, 2.24) is 15.5 Å². The van der Waals surface area contributed by atoms with E-state index >= 15 is 0 Å². The van der Waals surface area contributed by atoms with Crippen molar-refractivity contribution in [3.63, 3.8) is 0 Å². The van der Waals surface area contributed by atoms with E-state index < -0.39 is 22.9 Å². The standard InChI is InChI=1S/C26H37ClFN3O4/c1-31(2)18-5-3-17(4-6-18)15-29-24(34)26-11-9-25(10-12-26,14-22(26)32)30-23(33)16-35-19-7-8-20(27)21(28)13-19/h7-8,13,17-18,22,32H,3-6,9-12,14-16H2,1-2H3,(H,29,34)(H,30,33). The zero-order valence-corrected chi connectivity index (χ0v) is 21.4. The lowest BCUT2D eigenvalue weighted by molar-refractivity contribution is -0.156. The topological polar surface area (TPSA) is 90.9 Å². The summed E-state index contributed by atoms with van der Waals surface area (Å²) < 4.78 is 19.0. The molecule has 4 fully saturated rings. The Labute approximate surface area is 211 Å². The lowest BCUT2D eigenvalue weighted by Gasteiger charge is -2.55. The van der Waals surface area contributed by atoms with Crippen LogP contribution in [0.3, 0.4) is 0 Å². The van der Waals surface area contributed by atoms with Crippen molar-refractivity contribution < 1.29 is 23.8 Å². The molecule has 4 aliphatic rings. The van der Waals surface area contributed by atoms with Crippen LogP contribution in [0.5, 0.6) is 5.75 Å². The van der Waals surface area contributed by atoms with E-state index in [0.717, 1.165) is 31.7 Å². The molecule has 4 saturated carbocycles. The van der Waals surface area contributed by atoms with Gasteiger partial charge in [-0.15, -0.1) is 0 Å². The predicted octanol–water partition coefficient (Wildman–Crippen LogP) is 3.27. The molecule has 35 heavy (non-hydrogen) atoms. The fraction of sp³-hybridized carbons (Fsp3) is 0.692. The Balaban J connectivity index is 1.25.